The third kappa shape index (κ3) is 2.27. The Morgan fingerprint density at radius 1 is 1.26 bits per heavy atom. The fourth-order valence-electron chi connectivity index (χ4n) is 3.37. The van der Waals surface area contributed by atoms with Crippen molar-refractivity contribution in [2.45, 2.75) is 38.0 Å². The molecule has 124 valence electrons. The monoisotopic (exact) mass is 353 g/mol. The van der Waals surface area contributed by atoms with Gasteiger partial charge in [0.15, 0.2) is 0 Å². The maximum atomic E-state index is 13.3. The summed E-state index contributed by atoms with van der Waals surface area (Å²) < 4.78 is 29.6. The van der Waals surface area contributed by atoms with Crippen molar-refractivity contribution in [1.29, 1.82) is 0 Å². The molecular formula is C16H20ClN3O2S. The average molecular weight is 354 g/mol. The molecule has 0 N–H and O–H groups in total. The molecule has 0 amide bonds. The summed E-state index contributed by atoms with van der Waals surface area (Å²) in [4.78, 5) is 0.281. The van der Waals surface area contributed by atoms with Crippen molar-refractivity contribution < 1.29 is 8.42 Å². The Morgan fingerprint density at radius 2 is 1.91 bits per heavy atom. The van der Waals surface area contributed by atoms with Crippen LogP contribution in [0.2, 0.25) is 5.02 Å². The summed E-state index contributed by atoms with van der Waals surface area (Å²) in [5.41, 5.74) is 2.34. The van der Waals surface area contributed by atoms with Crippen molar-refractivity contribution in [3.8, 4) is 0 Å². The Morgan fingerprint density at radius 3 is 2.48 bits per heavy atom. The highest BCUT2D eigenvalue weighted by atomic mass is 35.5. The second kappa shape index (κ2) is 4.98. The van der Waals surface area contributed by atoms with E-state index in [1.165, 1.54) is 4.31 Å². The van der Waals surface area contributed by atoms with Crippen LogP contribution in [0.4, 0.5) is 5.69 Å². The van der Waals surface area contributed by atoms with Gasteiger partial charge >= 0.3 is 0 Å². The molecule has 1 aromatic heterocycles. The fourth-order valence-corrected chi connectivity index (χ4v) is 5.84. The van der Waals surface area contributed by atoms with E-state index in [0.717, 1.165) is 5.56 Å². The van der Waals surface area contributed by atoms with E-state index in [-0.39, 0.29) is 10.3 Å². The quantitative estimate of drug-likeness (QED) is 0.833. The van der Waals surface area contributed by atoms with Crippen molar-refractivity contribution in [2.75, 3.05) is 10.8 Å². The van der Waals surface area contributed by atoms with Gasteiger partial charge in [0, 0.05) is 29.6 Å². The van der Waals surface area contributed by atoms with E-state index in [0.29, 0.717) is 28.6 Å². The smallest absolute Gasteiger partial charge is 0.268 e. The van der Waals surface area contributed by atoms with Gasteiger partial charge in [0.25, 0.3) is 10.0 Å². The first-order valence-corrected chi connectivity index (χ1v) is 9.21. The number of rotatable bonds is 2. The minimum atomic E-state index is -3.69. The molecule has 1 aliphatic rings. The van der Waals surface area contributed by atoms with E-state index in [2.05, 4.69) is 5.10 Å². The molecule has 1 aliphatic heterocycles. The van der Waals surface area contributed by atoms with Crippen LogP contribution in [0.5, 0.6) is 0 Å². The Balaban J connectivity index is 2.23. The summed E-state index contributed by atoms with van der Waals surface area (Å²) in [5.74, 6) is 0. The van der Waals surface area contributed by atoms with E-state index in [1.54, 1.807) is 37.7 Å². The lowest BCUT2D eigenvalue weighted by Crippen LogP contribution is -2.34. The maximum Gasteiger partial charge on any atom is 0.268 e. The lowest BCUT2D eigenvalue weighted by Gasteiger charge is -2.22. The van der Waals surface area contributed by atoms with Gasteiger partial charge in [-0.2, -0.15) is 5.10 Å². The number of anilines is 1. The number of nitrogens with zero attached hydrogens (tertiary/aromatic N) is 3. The Hall–Kier alpha value is -1.53. The number of halogens is 1. The van der Waals surface area contributed by atoms with Crippen LogP contribution in [0.25, 0.3) is 0 Å². The van der Waals surface area contributed by atoms with Crippen molar-refractivity contribution in [1.82, 2.24) is 9.78 Å². The average Bonchev–Trinajstić information content (AvgIpc) is 2.85. The van der Waals surface area contributed by atoms with Crippen molar-refractivity contribution in [2.24, 2.45) is 7.05 Å². The lowest BCUT2D eigenvalue weighted by atomic mass is 9.87. The van der Waals surface area contributed by atoms with Crippen LogP contribution >= 0.6 is 11.6 Å². The molecule has 0 saturated carbocycles. The molecule has 0 radical (unpaired) electrons. The third-order valence-electron chi connectivity index (χ3n) is 4.47. The Bertz CT molecular complexity index is 900. The first-order valence-electron chi connectivity index (χ1n) is 7.39. The largest absolute Gasteiger partial charge is 0.271 e. The topological polar surface area (TPSA) is 55.2 Å². The van der Waals surface area contributed by atoms with Crippen LogP contribution in [0.15, 0.2) is 23.1 Å². The zero-order valence-corrected chi connectivity index (χ0v) is 15.5. The van der Waals surface area contributed by atoms with Gasteiger partial charge in [0.1, 0.15) is 4.90 Å². The highest BCUT2D eigenvalue weighted by Gasteiger charge is 2.43. The van der Waals surface area contributed by atoms with Gasteiger partial charge in [-0.05, 0) is 26.0 Å². The summed E-state index contributed by atoms with van der Waals surface area (Å²) in [6.45, 7) is 7.88. The van der Waals surface area contributed by atoms with Crippen LogP contribution in [-0.4, -0.2) is 24.7 Å². The normalized spacial score (nSPS) is 16.7. The van der Waals surface area contributed by atoms with E-state index < -0.39 is 10.0 Å². The second-order valence-electron chi connectivity index (χ2n) is 6.65. The van der Waals surface area contributed by atoms with Crippen molar-refractivity contribution in [3.63, 3.8) is 0 Å². The van der Waals surface area contributed by atoms with Crippen LogP contribution < -0.4 is 4.31 Å². The number of fused-ring (bicyclic) bond motifs is 1. The van der Waals surface area contributed by atoms with Crippen LogP contribution in [0.3, 0.4) is 0 Å². The molecule has 0 fully saturated rings. The van der Waals surface area contributed by atoms with Crippen LogP contribution in [0, 0.1) is 13.8 Å². The van der Waals surface area contributed by atoms with Crippen molar-refractivity contribution in [3.05, 3.63) is 40.2 Å². The van der Waals surface area contributed by atoms with E-state index >= 15 is 0 Å². The van der Waals surface area contributed by atoms with E-state index in [9.17, 15) is 8.42 Å². The van der Waals surface area contributed by atoms with Gasteiger partial charge in [-0.15, -0.1) is 0 Å². The lowest BCUT2D eigenvalue weighted by molar-refractivity contribution is 0.554. The standard InChI is InChI=1S/C16H20ClN3O2S/c1-10-15(11(2)19(5)18-10)23(21,22)20-9-16(3,4)14-12(17)7-6-8-13(14)20/h6-8H,9H2,1-5H3. The molecule has 0 spiro atoms. The molecule has 2 heterocycles. The van der Waals surface area contributed by atoms with Crippen LogP contribution in [-0.2, 0) is 22.5 Å². The summed E-state index contributed by atoms with van der Waals surface area (Å²) >= 11 is 6.34. The first-order chi connectivity index (χ1) is 10.6. The molecule has 23 heavy (non-hydrogen) atoms. The minimum Gasteiger partial charge on any atom is -0.271 e. The zero-order chi connectivity index (χ0) is 17.2. The van der Waals surface area contributed by atoms with Gasteiger partial charge in [-0.1, -0.05) is 31.5 Å². The predicted octanol–water partition coefficient (Wildman–Crippen LogP) is 3.18. The summed E-state index contributed by atoms with van der Waals surface area (Å²) in [5, 5.41) is 4.84. The number of aryl methyl sites for hydroxylation is 2. The summed E-state index contributed by atoms with van der Waals surface area (Å²) in [6, 6.07) is 5.40. The SMILES string of the molecule is Cc1nn(C)c(C)c1S(=O)(=O)N1CC(C)(C)c2c(Cl)cccc21. The molecule has 0 saturated heterocycles. The molecular weight excluding hydrogens is 334 g/mol. The summed E-state index contributed by atoms with van der Waals surface area (Å²) in [6.07, 6.45) is 0. The number of sulfonamides is 1. The molecule has 1 aromatic carbocycles. The van der Waals surface area contributed by atoms with Gasteiger partial charge in [-0.25, -0.2) is 8.42 Å². The molecule has 0 unspecified atom stereocenters. The predicted molar refractivity (Wildman–Crippen MR) is 91.7 cm³/mol. The second-order valence-corrected chi connectivity index (χ2v) is 8.86. The third-order valence-corrected chi connectivity index (χ3v) is 6.79. The molecule has 3 rings (SSSR count). The number of benzene rings is 1. The first kappa shape index (κ1) is 16.3. The van der Waals surface area contributed by atoms with Gasteiger partial charge in [-0.3, -0.25) is 8.99 Å². The van der Waals surface area contributed by atoms with Gasteiger partial charge in [0.05, 0.1) is 17.1 Å². The number of hydrogen-bond acceptors (Lipinski definition) is 3. The Kier molecular flexibility index (Phi) is 3.54. The molecule has 0 bridgehead atoms. The van der Waals surface area contributed by atoms with Gasteiger partial charge < -0.3 is 0 Å². The van der Waals surface area contributed by atoms with E-state index in [1.807, 2.05) is 19.9 Å². The molecule has 0 atom stereocenters. The fraction of sp³-hybridized carbons (Fsp3) is 0.438. The number of aromatic nitrogens is 2. The van der Waals surface area contributed by atoms with Gasteiger partial charge in [0.2, 0.25) is 0 Å². The molecule has 5 nitrogen and oxygen atoms in total. The maximum absolute atomic E-state index is 13.3. The summed E-state index contributed by atoms with van der Waals surface area (Å²) in [7, 11) is -1.94. The zero-order valence-electron chi connectivity index (χ0n) is 13.9. The van der Waals surface area contributed by atoms with E-state index in [4.69, 9.17) is 11.6 Å². The highest BCUT2D eigenvalue weighted by molar-refractivity contribution is 7.93. The molecule has 2 aromatic rings. The highest BCUT2D eigenvalue weighted by Crippen LogP contribution is 2.46. The van der Waals surface area contributed by atoms with Crippen LogP contribution in [0.1, 0.15) is 30.8 Å². The molecule has 0 aliphatic carbocycles. The minimum absolute atomic E-state index is 0.281. The van der Waals surface area contributed by atoms with Crippen molar-refractivity contribution >= 4 is 27.3 Å². The number of hydrogen-bond donors (Lipinski definition) is 0. The molecule has 7 heteroatoms. The Labute approximate surface area is 141 Å².